The standard InChI is InChI=1S/2C10H14O.C5H4O.2ClH.Ti/c2*1-10(2,3)8-6-4-5-7-9(8)11;1-5-3-2-4-6-5;;;/h2*4-7,11H,1-3H3;1-4H;2*1H;. The number of phenolic OH excluding ortho intramolecular Hbond substituents is 2. The Morgan fingerprint density at radius 1 is 0.677 bits per heavy atom. The number of rotatable bonds is 1. The molecule has 0 saturated carbocycles. The minimum atomic E-state index is 0. The Kier molecular flexibility index (Phi) is 14.8. The summed E-state index contributed by atoms with van der Waals surface area (Å²) in [5.74, 6) is 1.71. The van der Waals surface area contributed by atoms with Gasteiger partial charge >= 0.3 is 52.9 Å². The molecule has 3 nitrogen and oxygen atoms in total. The molecule has 2 N–H and O–H groups in total. The van der Waals surface area contributed by atoms with E-state index in [0.717, 1.165) is 16.9 Å². The van der Waals surface area contributed by atoms with Crippen molar-refractivity contribution in [2.45, 2.75) is 52.4 Å². The van der Waals surface area contributed by atoms with E-state index in [1.807, 2.05) is 72.8 Å². The molecule has 0 unspecified atom stereocenters. The van der Waals surface area contributed by atoms with Crippen LogP contribution in [0.3, 0.4) is 0 Å². The van der Waals surface area contributed by atoms with Gasteiger partial charge in [0.05, 0.1) is 0 Å². The van der Waals surface area contributed by atoms with Crippen LogP contribution in [0.1, 0.15) is 58.4 Å². The SMILES string of the molecule is CC(C)(C)c1ccccc1O.CC(C)(C)c1ccccc1O.Cl.Cl.[Ti]=[CH]c1ccco1. The van der Waals surface area contributed by atoms with Crippen LogP contribution in [0, 0.1) is 0 Å². The molecule has 0 saturated heterocycles. The topological polar surface area (TPSA) is 53.6 Å². The fourth-order valence-electron chi connectivity index (χ4n) is 2.59. The van der Waals surface area contributed by atoms with Crippen molar-refractivity contribution < 1.29 is 34.6 Å². The molecule has 3 aromatic rings. The predicted molar refractivity (Wildman–Crippen MR) is 132 cm³/mol. The van der Waals surface area contributed by atoms with Crippen LogP contribution in [-0.2, 0) is 30.8 Å². The third-order valence-corrected chi connectivity index (χ3v) is 4.55. The second-order valence-corrected chi connectivity index (χ2v) is 9.14. The van der Waals surface area contributed by atoms with E-state index in [4.69, 9.17) is 4.42 Å². The molecule has 0 radical (unpaired) electrons. The third kappa shape index (κ3) is 11.6. The van der Waals surface area contributed by atoms with Gasteiger partial charge in [-0.3, -0.25) is 0 Å². The fraction of sp³-hybridized carbons (Fsp3) is 0.320. The Morgan fingerprint density at radius 3 is 1.26 bits per heavy atom. The van der Waals surface area contributed by atoms with E-state index >= 15 is 0 Å². The summed E-state index contributed by atoms with van der Waals surface area (Å²) in [4.78, 5) is 0. The quantitative estimate of drug-likeness (QED) is 0.347. The number of benzene rings is 2. The molecule has 1 heterocycles. The Labute approximate surface area is 210 Å². The first kappa shape index (κ1) is 31.7. The summed E-state index contributed by atoms with van der Waals surface area (Å²) >= 11 is 1.94. The summed E-state index contributed by atoms with van der Waals surface area (Å²) in [6, 6.07) is 18.7. The third-order valence-electron chi connectivity index (χ3n) is 4.11. The summed E-state index contributed by atoms with van der Waals surface area (Å²) in [5.41, 5.74) is 2.07. The Morgan fingerprint density at radius 2 is 1.06 bits per heavy atom. The van der Waals surface area contributed by atoms with Gasteiger partial charge in [0.2, 0.25) is 0 Å². The maximum absolute atomic E-state index is 9.45. The van der Waals surface area contributed by atoms with E-state index in [1.54, 1.807) is 18.4 Å². The number of phenols is 2. The van der Waals surface area contributed by atoms with Gasteiger partial charge in [-0.05, 0) is 34.1 Å². The molecule has 0 bridgehead atoms. The summed E-state index contributed by atoms with van der Waals surface area (Å²) in [5, 5.41) is 18.9. The monoisotopic (exact) mass is 500 g/mol. The van der Waals surface area contributed by atoms with E-state index < -0.39 is 0 Å². The minimum absolute atomic E-state index is 0. The average molecular weight is 501 g/mol. The Bertz CT molecular complexity index is 825. The molecule has 6 heteroatoms. The molecule has 3 rings (SSSR count). The second-order valence-electron chi connectivity index (χ2n) is 8.69. The zero-order valence-corrected chi connectivity index (χ0v) is 22.2. The van der Waals surface area contributed by atoms with E-state index in [1.165, 1.54) is 0 Å². The number of para-hydroxylation sites is 2. The van der Waals surface area contributed by atoms with Crippen molar-refractivity contribution in [3.05, 3.63) is 83.8 Å². The normalized spacial score (nSPS) is 10.1. The zero-order chi connectivity index (χ0) is 22.1. The molecule has 170 valence electrons. The molecule has 0 aliphatic heterocycles. The van der Waals surface area contributed by atoms with Crippen LogP contribution in [0.15, 0.2) is 71.3 Å². The van der Waals surface area contributed by atoms with Crippen molar-refractivity contribution in [3.63, 3.8) is 0 Å². The van der Waals surface area contributed by atoms with Crippen LogP contribution in [0.4, 0.5) is 0 Å². The molecular formula is C25H34Cl2O3Ti. The van der Waals surface area contributed by atoms with Gasteiger partial charge in [0.25, 0.3) is 0 Å². The van der Waals surface area contributed by atoms with Crippen LogP contribution in [-0.4, -0.2) is 14.5 Å². The fourth-order valence-corrected chi connectivity index (χ4v) is 2.85. The van der Waals surface area contributed by atoms with E-state index in [0.29, 0.717) is 11.5 Å². The molecule has 31 heavy (non-hydrogen) atoms. The Balaban J connectivity index is 0. The van der Waals surface area contributed by atoms with Gasteiger partial charge in [0.1, 0.15) is 11.5 Å². The summed E-state index contributed by atoms with van der Waals surface area (Å²) < 4.78 is 6.84. The van der Waals surface area contributed by atoms with E-state index in [2.05, 4.69) is 41.5 Å². The predicted octanol–water partition coefficient (Wildman–Crippen LogP) is 7.20. The van der Waals surface area contributed by atoms with E-state index in [9.17, 15) is 10.2 Å². The van der Waals surface area contributed by atoms with Crippen molar-refractivity contribution in [1.82, 2.24) is 0 Å². The number of halogens is 2. The first-order valence-electron chi connectivity index (χ1n) is 9.57. The first-order chi connectivity index (χ1) is 13.5. The van der Waals surface area contributed by atoms with Crippen molar-refractivity contribution >= 4 is 29.1 Å². The van der Waals surface area contributed by atoms with E-state index in [-0.39, 0.29) is 35.6 Å². The van der Waals surface area contributed by atoms with Gasteiger partial charge in [-0.2, -0.15) is 0 Å². The van der Waals surface area contributed by atoms with Gasteiger partial charge in [0, 0.05) is 0 Å². The van der Waals surface area contributed by atoms with Crippen LogP contribution < -0.4 is 0 Å². The van der Waals surface area contributed by atoms with Crippen molar-refractivity contribution in [2.24, 2.45) is 0 Å². The summed E-state index contributed by atoms with van der Waals surface area (Å²) in [7, 11) is 0. The summed E-state index contributed by atoms with van der Waals surface area (Å²) in [6.45, 7) is 12.5. The molecule has 2 aromatic carbocycles. The average Bonchev–Trinajstić information content (AvgIpc) is 3.15. The van der Waals surface area contributed by atoms with Crippen molar-refractivity contribution in [2.75, 3.05) is 0 Å². The molecule has 0 atom stereocenters. The number of hydrogen-bond donors (Lipinski definition) is 2. The maximum atomic E-state index is 9.45. The van der Waals surface area contributed by atoms with Crippen LogP contribution in [0.2, 0.25) is 0 Å². The molecule has 0 aliphatic carbocycles. The molecule has 0 amide bonds. The molecular weight excluding hydrogens is 467 g/mol. The Hall–Kier alpha value is -1.52. The molecule has 0 aliphatic rings. The van der Waals surface area contributed by atoms with Crippen LogP contribution >= 0.6 is 24.8 Å². The van der Waals surface area contributed by atoms with Crippen LogP contribution in [0.5, 0.6) is 11.5 Å². The molecule has 0 fully saturated rings. The van der Waals surface area contributed by atoms with Gasteiger partial charge in [0.15, 0.2) is 0 Å². The summed E-state index contributed by atoms with van der Waals surface area (Å²) in [6.07, 6.45) is 1.66. The van der Waals surface area contributed by atoms with Crippen molar-refractivity contribution in [1.29, 1.82) is 0 Å². The van der Waals surface area contributed by atoms with Gasteiger partial charge in [-0.25, -0.2) is 0 Å². The van der Waals surface area contributed by atoms with Crippen LogP contribution in [0.25, 0.3) is 0 Å². The molecule has 1 aromatic heterocycles. The van der Waals surface area contributed by atoms with Gasteiger partial charge in [-0.1, -0.05) is 77.9 Å². The first-order valence-corrected chi connectivity index (χ1v) is 10.5. The second kappa shape index (κ2) is 14.5. The number of hydrogen-bond acceptors (Lipinski definition) is 3. The van der Waals surface area contributed by atoms with Crippen molar-refractivity contribution in [3.8, 4) is 11.5 Å². The number of aromatic hydroxyl groups is 2. The molecule has 0 spiro atoms. The zero-order valence-electron chi connectivity index (χ0n) is 19.0. The number of furan rings is 1. The van der Waals surface area contributed by atoms with Gasteiger partial charge < -0.3 is 10.2 Å². The van der Waals surface area contributed by atoms with Gasteiger partial charge in [-0.15, -0.1) is 24.8 Å².